The van der Waals surface area contributed by atoms with Crippen LogP contribution >= 0.6 is 0 Å². The highest BCUT2D eigenvalue weighted by Crippen LogP contribution is 2.66. The number of hydrogen-bond donors (Lipinski definition) is 4. The van der Waals surface area contributed by atoms with E-state index in [2.05, 4.69) is 34.6 Å². The summed E-state index contributed by atoms with van der Waals surface area (Å²) in [7, 11) is 0. The molecule has 4 N–H and O–H groups in total. The number of hydrogen-bond acceptors (Lipinski definition) is 6. The van der Waals surface area contributed by atoms with Crippen molar-refractivity contribution in [1.29, 1.82) is 0 Å². The molecule has 0 aromatic rings. The second-order valence-corrected chi connectivity index (χ2v) is 13.3. The van der Waals surface area contributed by atoms with Crippen LogP contribution < -0.4 is 0 Å². The number of aliphatic hydroxyl groups is 4. The maximum absolute atomic E-state index is 13.0. The van der Waals surface area contributed by atoms with Gasteiger partial charge in [-0.1, -0.05) is 41.5 Å². The summed E-state index contributed by atoms with van der Waals surface area (Å²) in [6.45, 7) is 13.2. The van der Waals surface area contributed by atoms with Gasteiger partial charge in [0.25, 0.3) is 0 Å². The monoisotopic (exact) mass is 480 g/mol. The first-order chi connectivity index (χ1) is 15.8. The molecule has 196 valence electrons. The van der Waals surface area contributed by atoms with Gasteiger partial charge in [-0.05, 0) is 90.8 Å². The molecule has 0 spiro atoms. The lowest BCUT2D eigenvalue weighted by Crippen LogP contribution is -2.55. The van der Waals surface area contributed by atoms with Crippen LogP contribution in [0.5, 0.6) is 0 Å². The Morgan fingerprint density at radius 1 is 0.912 bits per heavy atom. The number of fused-ring (bicyclic) bond motifs is 5. The fourth-order valence-electron chi connectivity index (χ4n) is 8.95. The molecule has 4 aliphatic rings. The van der Waals surface area contributed by atoms with Crippen molar-refractivity contribution in [3.8, 4) is 0 Å². The third-order valence-electron chi connectivity index (χ3n) is 11.5. The fourth-order valence-corrected chi connectivity index (χ4v) is 8.95. The second-order valence-electron chi connectivity index (χ2n) is 13.3. The molecule has 0 radical (unpaired) electrons. The standard InChI is InChI=1S/C28H48O6/c1-14(2)15(3)24(31)25(32)16(4)18-7-8-19-17-13-34-26(33)21-11-22(29)23(30)12-28(21,6)20(17)9-10-27(18,19)5/h14-25,29-32H,7-13H2,1-6H3/t15-,16+,17+,18?,19+,20+,21-,22+,23-,24+,25-,27-,28-/m1/s1. The Labute approximate surface area is 205 Å². The molecular formula is C28H48O6. The van der Waals surface area contributed by atoms with Crippen LogP contribution in [0.4, 0.5) is 0 Å². The van der Waals surface area contributed by atoms with E-state index in [4.69, 9.17) is 4.74 Å². The lowest BCUT2D eigenvalue weighted by Gasteiger charge is -2.56. The van der Waals surface area contributed by atoms with E-state index >= 15 is 0 Å². The van der Waals surface area contributed by atoms with Gasteiger partial charge in [0, 0.05) is 0 Å². The third kappa shape index (κ3) is 4.05. The molecule has 0 amide bonds. The zero-order chi connectivity index (χ0) is 25.2. The Morgan fingerprint density at radius 3 is 2.21 bits per heavy atom. The van der Waals surface area contributed by atoms with Gasteiger partial charge in [-0.2, -0.15) is 0 Å². The molecule has 6 heteroatoms. The lowest BCUT2D eigenvalue weighted by atomic mass is 9.48. The van der Waals surface area contributed by atoms with Crippen molar-refractivity contribution in [2.24, 2.45) is 58.2 Å². The smallest absolute Gasteiger partial charge is 0.309 e. The SMILES string of the molecule is CC(C)[C@@H](C)[C@H](O)[C@H](O)[C@@H](C)C1CC[C@H]2[C@@H]3COC(=O)[C@H]4C[C@H](O)[C@H](O)C[C@]4(C)[C@H]3CC[C@]12C. The van der Waals surface area contributed by atoms with E-state index in [1.54, 1.807) is 0 Å². The van der Waals surface area contributed by atoms with Crippen LogP contribution in [-0.2, 0) is 9.53 Å². The van der Waals surface area contributed by atoms with Crippen molar-refractivity contribution in [3.63, 3.8) is 0 Å². The molecule has 0 bridgehead atoms. The van der Waals surface area contributed by atoms with Crippen molar-refractivity contribution in [2.45, 2.75) is 104 Å². The molecule has 4 rings (SSSR count). The maximum atomic E-state index is 13.0. The van der Waals surface area contributed by atoms with E-state index in [1.807, 2.05) is 6.92 Å². The van der Waals surface area contributed by atoms with Gasteiger partial charge in [-0.25, -0.2) is 0 Å². The molecule has 6 nitrogen and oxygen atoms in total. The minimum absolute atomic E-state index is 0.00827. The second kappa shape index (κ2) is 9.32. The van der Waals surface area contributed by atoms with Gasteiger partial charge in [0.1, 0.15) is 0 Å². The highest BCUT2D eigenvalue weighted by Gasteiger charge is 2.63. The molecule has 34 heavy (non-hydrogen) atoms. The number of ether oxygens (including phenoxy) is 1. The first-order valence-electron chi connectivity index (χ1n) is 13.7. The van der Waals surface area contributed by atoms with Crippen LogP contribution in [-0.4, -0.2) is 57.4 Å². The molecule has 1 aliphatic heterocycles. The predicted molar refractivity (Wildman–Crippen MR) is 130 cm³/mol. The molecule has 1 heterocycles. The summed E-state index contributed by atoms with van der Waals surface area (Å²) in [6, 6.07) is 0. The summed E-state index contributed by atoms with van der Waals surface area (Å²) >= 11 is 0. The molecule has 1 unspecified atom stereocenters. The highest BCUT2D eigenvalue weighted by molar-refractivity contribution is 5.74. The molecule has 13 atom stereocenters. The van der Waals surface area contributed by atoms with Gasteiger partial charge in [-0.3, -0.25) is 4.79 Å². The quantitative estimate of drug-likeness (QED) is 0.450. The Balaban J connectivity index is 1.58. The van der Waals surface area contributed by atoms with Crippen molar-refractivity contribution >= 4 is 5.97 Å². The van der Waals surface area contributed by atoms with Crippen LogP contribution in [0.3, 0.4) is 0 Å². The Kier molecular flexibility index (Phi) is 7.23. The van der Waals surface area contributed by atoms with Crippen molar-refractivity contribution in [1.82, 2.24) is 0 Å². The highest BCUT2D eigenvalue weighted by atomic mass is 16.5. The van der Waals surface area contributed by atoms with Crippen LogP contribution in [0.2, 0.25) is 0 Å². The van der Waals surface area contributed by atoms with Crippen LogP contribution in [0.15, 0.2) is 0 Å². The van der Waals surface area contributed by atoms with Crippen molar-refractivity contribution in [3.05, 3.63) is 0 Å². The first kappa shape index (κ1) is 26.4. The number of carbonyl (C=O) groups excluding carboxylic acids is 1. The lowest BCUT2D eigenvalue weighted by molar-refractivity contribution is -0.162. The summed E-state index contributed by atoms with van der Waals surface area (Å²) in [5.41, 5.74) is -0.345. The molecule has 1 saturated heterocycles. The number of rotatable bonds is 5. The third-order valence-corrected chi connectivity index (χ3v) is 11.5. The predicted octanol–water partition coefficient (Wildman–Crippen LogP) is 3.39. The Hall–Kier alpha value is -0.690. The van der Waals surface area contributed by atoms with Crippen LogP contribution in [0, 0.1) is 58.2 Å². The van der Waals surface area contributed by atoms with E-state index in [9.17, 15) is 25.2 Å². The zero-order valence-electron chi connectivity index (χ0n) is 22.0. The van der Waals surface area contributed by atoms with Crippen LogP contribution in [0.1, 0.15) is 80.1 Å². The van der Waals surface area contributed by atoms with E-state index < -0.39 is 24.4 Å². The van der Waals surface area contributed by atoms with Gasteiger partial charge < -0.3 is 25.2 Å². The summed E-state index contributed by atoms with van der Waals surface area (Å²) in [5, 5.41) is 42.9. The van der Waals surface area contributed by atoms with Gasteiger partial charge in [0.05, 0.1) is 36.9 Å². The Bertz CT molecular complexity index is 755. The van der Waals surface area contributed by atoms with E-state index in [0.29, 0.717) is 30.8 Å². The minimum atomic E-state index is -0.867. The van der Waals surface area contributed by atoms with Crippen molar-refractivity contribution in [2.75, 3.05) is 6.61 Å². The summed E-state index contributed by atoms with van der Waals surface area (Å²) in [4.78, 5) is 13.0. The molecule has 3 saturated carbocycles. The topological polar surface area (TPSA) is 107 Å². The Morgan fingerprint density at radius 2 is 1.56 bits per heavy atom. The molecule has 0 aromatic carbocycles. The number of cyclic esters (lactones) is 1. The largest absolute Gasteiger partial charge is 0.465 e. The summed E-state index contributed by atoms with van der Waals surface area (Å²) in [5.74, 6) is 0.948. The van der Waals surface area contributed by atoms with Gasteiger partial charge >= 0.3 is 5.97 Å². The van der Waals surface area contributed by atoms with E-state index in [0.717, 1.165) is 25.7 Å². The molecule has 4 fully saturated rings. The maximum Gasteiger partial charge on any atom is 0.309 e. The average molecular weight is 481 g/mol. The molecule has 3 aliphatic carbocycles. The normalized spacial score (nSPS) is 48.1. The fraction of sp³-hybridized carbons (Fsp3) is 0.964. The number of aliphatic hydroxyl groups excluding tert-OH is 4. The zero-order valence-corrected chi connectivity index (χ0v) is 22.0. The summed E-state index contributed by atoms with van der Waals surface area (Å²) < 4.78 is 5.86. The van der Waals surface area contributed by atoms with E-state index in [1.165, 1.54) is 0 Å². The number of esters is 1. The number of carbonyl (C=O) groups is 1. The van der Waals surface area contributed by atoms with Crippen molar-refractivity contribution < 1.29 is 30.0 Å². The van der Waals surface area contributed by atoms with Gasteiger partial charge in [0.15, 0.2) is 0 Å². The summed E-state index contributed by atoms with van der Waals surface area (Å²) in [6.07, 6.45) is 1.61. The minimum Gasteiger partial charge on any atom is -0.465 e. The van der Waals surface area contributed by atoms with Crippen LogP contribution in [0.25, 0.3) is 0 Å². The van der Waals surface area contributed by atoms with E-state index in [-0.39, 0.29) is 52.8 Å². The van der Waals surface area contributed by atoms with Gasteiger partial charge in [-0.15, -0.1) is 0 Å². The molecule has 0 aromatic heterocycles. The van der Waals surface area contributed by atoms with Gasteiger partial charge in [0.2, 0.25) is 0 Å². The molecular weight excluding hydrogens is 432 g/mol. The average Bonchev–Trinajstić information content (AvgIpc) is 3.09. The first-order valence-corrected chi connectivity index (χ1v) is 13.7.